The van der Waals surface area contributed by atoms with Gasteiger partial charge in [-0.05, 0) is 41.3 Å². The topological polar surface area (TPSA) is 12.9 Å². The maximum Gasteiger partial charge on any atom is 0.0708 e. The average Bonchev–Trinajstić information content (AvgIpc) is 2.62. The van der Waals surface area contributed by atoms with E-state index in [4.69, 9.17) is 0 Å². The Morgan fingerprint density at radius 1 is 0.609 bits per heavy atom. The molecule has 0 saturated heterocycles. The molecule has 1 heteroatoms. The van der Waals surface area contributed by atoms with Crippen LogP contribution >= 0.6 is 0 Å². The highest BCUT2D eigenvalue weighted by atomic mass is 14.6. The fraction of sp³-hybridized carbons (Fsp3) is 0.0455. The minimum Gasteiger partial charge on any atom is -0.256 e. The summed E-state index contributed by atoms with van der Waals surface area (Å²) >= 11 is 0. The fourth-order valence-electron chi connectivity index (χ4n) is 2.94. The summed E-state index contributed by atoms with van der Waals surface area (Å²) in [5, 5.41) is 1.19. The van der Waals surface area contributed by atoms with E-state index in [1.54, 1.807) is 0 Å². The lowest BCUT2D eigenvalue weighted by atomic mass is 9.97. The Bertz CT molecular complexity index is 946. The van der Waals surface area contributed by atoms with Crippen LogP contribution in [0.15, 0.2) is 85.1 Å². The molecule has 0 aliphatic heterocycles. The highest BCUT2D eigenvalue weighted by molar-refractivity contribution is 5.94. The van der Waals surface area contributed by atoms with Gasteiger partial charge in [-0.3, -0.25) is 4.98 Å². The van der Waals surface area contributed by atoms with E-state index < -0.39 is 0 Å². The molecular weight excluding hydrogens is 278 g/mol. The number of rotatable bonds is 2. The second kappa shape index (κ2) is 5.69. The molecule has 0 bridgehead atoms. The molecule has 0 fully saturated rings. The van der Waals surface area contributed by atoms with Crippen LogP contribution in [0.25, 0.3) is 33.2 Å². The number of pyridine rings is 1. The monoisotopic (exact) mass is 295 g/mol. The van der Waals surface area contributed by atoms with Crippen LogP contribution in [0.3, 0.4) is 0 Å². The zero-order valence-corrected chi connectivity index (χ0v) is 13.0. The third-order valence-electron chi connectivity index (χ3n) is 4.23. The Kier molecular flexibility index (Phi) is 3.39. The van der Waals surface area contributed by atoms with E-state index in [0.717, 1.165) is 5.52 Å². The van der Waals surface area contributed by atoms with E-state index in [-0.39, 0.29) is 0 Å². The van der Waals surface area contributed by atoms with E-state index >= 15 is 0 Å². The second-order valence-corrected chi connectivity index (χ2v) is 5.82. The molecule has 1 heterocycles. The Labute approximate surface area is 136 Å². The maximum atomic E-state index is 4.44. The van der Waals surface area contributed by atoms with Crippen molar-refractivity contribution >= 4 is 10.9 Å². The van der Waals surface area contributed by atoms with Crippen LogP contribution in [0.5, 0.6) is 0 Å². The first-order valence-electron chi connectivity index (χ1n) is 7.82. The number of aromatic nitrogens is 1. The predicted molar refractivity (Wildman–Crippen MR) is 97.4 cm³/mol. The molecule has 110 valence electrons. The zero-order chi connectivity index (χ0) is 15.6. The van der Waals surface area contributed by atoms with Crippen LogP contribution < -0.4 is 0 Å². The molecule has 0 spiro atoms. The van der Waals surface area contributed by atoms with Crippen molar-refractivity contribution in [3.05, 3.63) is 90.6 Å². The normalized spacial score (nSPS) is 10.8. The van der Waals surface area contributed by atoms with Crippen molar-refractivity contribution in [2.75, 3.05) is 0 Å². The smallest absolute Gasteiger partial charge is 0.0708 e. The van der Waals surface area contributed by atoms with Gasteiger partial charge in [0.05, 0.1) is 5.52 Å². The highest BCUT2D eigenvalue weighted by Crippen LogP contribution is 2.29. The van der Waals surface area contributed by atoms with Gasteiger partial charge in [-0.25, -0.2) is 0 Å². The Balaban J connectivity index is 1.77. The molecular formula is C22H17N. The van der Waals surface area contributed by atoms with E-state index in [1.807, 2.05) is 12.3 Å². The summed E-state index contributed by atoms with van der Waals surface area (Å²) in [6.07, 6.45) is 1.84. The van der Waals surface area contributed by atoms with E-state index in [9.17, 15) is 0 Å². The summed E-state index contributed by atoms with van der Waals surface area (Å²) < 4.78 is 0. The average molecular weight is 295 g/mol. The molecule has 0 unspecified atom stereocenters. The molecule has 1 nitrogen and oxygen atoms in total. The van der Waals surface area contributed by atoms with Crippen LogP contribution in [-0.2, 0) is 0 Å². The largest absolute Gasteiger partial charge is 0.256 e. The van der Waals surface area contributed by atoms with Crippen LogP contribution in [0.2, 0.25) is 0 Å². The molecule has 0 saturated carbocycles. The molecule has 0 radical (unpaired) electrons. The molecule has 0 N–H and O–H groups in total. The van der Waals surface area contributed by atoms with Crippen molar-refractivity contribution in [2.45, 2.75) is 6.92 Å². The molecule has 23 heavy (non-hydrogen) atoms. The molecule has 4 rings (SSSR count). The number of hydrogen-bond acceptors (Lipinski definition) is 1. The summed E-state index contributed by atoms with van der Waals surface area (Å²) in [4.78, 5) is 4.44. The summed E-state index contributed by atoms with van der Waals surface area (Å²) in [6, 6.07) is 27.8. The third-order valence-corrected chi connectivity index (χ3v) is 4.23. The SMILES string of the molecule is Cc1ccc(-c2ccc(-c3cccc4ncccc34)cc2)cc1. The molecule has 3 aromatic carbocycles. The third kappa shape index (κ3) is 2.62. The van der Waals surface area contributed by atoms with Crippen molar-refractivity contribution in [3.63, 3.8) is 0 Å². The van der Waals surface area contributed by atoms with Gasteiger partial charge in [0.25, 0.3) is 0 Å². The van der Waals surface area contributed by atoms with Crippen LogP contribution in [-0.4, -0.2) is 4.98 Å². The van der Waals surface area contributed by atoms with Gasteiger partial charge in [0.2, 0.25) is 0 Å². The van der Waals surface area contributed by atoms with Crippen molar-refractivity contribution in [1.29, 1.82) is 0 Å². The van der Waals surface area contributed by atoms with Gasteiger partial charge < -0.3 is 0 Å². The zero-order valence-electron chi connectivity index (χ0n) is 13.0. The van der Waals surface area contributed by atoms with Crippen molar-refractivity contribution in [2.24, 2.45) is 0 Å². The lowest BCUT2D eigenvalue weighted by molar-refractivity contribution is 1.41. The number of hydrogen-bond donors (Lipinski definition) is 0. The summed E-state index contributed by atoms with van der Waals surface area (Å²) in [5.41, 5.74) is 7.26. The highest BCUT2D eigenvalue weighted by Gasteiger charge is 2.04. The number of aryl methyl sites for hydroxylation is 1. The quantitative estimate of drug-likeness (QED) is 0.450. The van der Waals surface area contributed by atoms with Gasteiger partial charge in [0, 0.05) is 11.6 Å². The summed E-state index contributed by atoms with van der Waals surface area (Å²) in [6.45, 7) is 2.11. The Hall–Kier alpha value is -2.93. The van der Waals surface area contributed by atoms with Gasteiger partial charge >= 0.3 is 0 Å². The van der Waals surface area contributed by atoms with Crippen molar-refractivity contribution in [3.8, 4) is 22.3 Å². The first kappa shape index (κ1) is 13.7. The fourth-order valence-corrected chi connectivity index (χ4v) is 2.94. The molecule has 0 aliphatic rings. The summed E-state index contributed by atoms with van der Waals surface area (Å²) in [5.74, 6) is 0. The molecule has 4 aromatic rings. The van der Waals surface area contributed by atoms with Gasteiger partial charge in [-0.2, -0.15) is 0 Å². The minimum atomic E-state index is 1.03. The Morgan fingerprint density at radius 3 is 2.00 bits per heavy atom. The lowest BCUT2D eigenvalue weighted by Gasteiger charge is -2.08. The minimum absolute atomic E-state index is 1.03. The predicted octanol–water partition coefficient (Wildman–Crippen LogP) is 5.88. The second-order valence-electron chi connectivity index (χ2n) is 5.82. The number of benzene rings is 3. The van der Waals surface area contributed by atoms with Crippen LogP contribution in [0.4, 0.5) is 0 Å². The van der Waals surface area contributed by atoms with Gasteiger partial charge in [-0.15, -0.1) is 0 Å². The van der Waals surface area contributed by atoms with E-state index in [1.165, 1.54) is 33.2 Å². The van der Waals surface area contributed by atoms with Crippen molar-refractivity contribution in [1.82, 2.24) is 4.98 Å². The van der Waals surface area contributed by atoms with Crippen molar-refractivity contribution < 1.29 is 0 Å². The van der Waals surface area contributed by atoms with Gasteiger partial charge in [0.15, 0.2) is 0 Å². The maximum absolute atomic E-state index is 4.44. The number of nitrogens with zero attached hydrogens (tertiary/aromatic N) is 1. The van der Waals surface area contributed by atoms with E-state index in [0.29, 0.717) is 0 Å². The standard InChI is InChI=1S/C22H17N/c1-16-7-9-17(10-8-16)18-11-13-19(14-12-18)20-4-2-6-22-21(20)5-3-15-23-22/h2-15H,1H3. The van der Waals surface area contributed by atoms with E-state index in [2.05, 4.69) is 84.7 Å². The number of fused-ring (bicyclic) bond motifs is 1. The molecule has 1 aromatic heterocycles. The molecule has 0 atom stereocenters. The first-order valence-corrected chi connectivity index (χ1v) is 7.82. The lowest BCUT2D eigenvalue weighted by Crippen LogP contribution is -1.84. The molecule has 0 aliphatic carbocycles. The van der Waals surface area contributed by atoms with Gasteiger partial charge in [-0.1, -0.05) is 72.3 Å². The summed E-state index contributed by atoms with van der Waals surface area (Å²) in [7, 11) is 0. The Morgan fingerprint density at radius 2 is 1.26 bits per heavy atom. The van der Waals surface area contributed by atoms with Crippen LogP contribution in [0, 0.1) is 6.92 Å². The van der Waals surface area contributed by atoms with Gasteiger partial charge in [0.1, 0.15) is 0 Å². The van der Waals surface area contributed by atoms with Crippen LogP contribution in [0.1, 0.15) is 5.56 Å². The first-order chi connectivity index (χ1) is 11.3. The molecule has 0 amide bonds.